The van der Waals surface area contributed by atoms with Crippen LogP contribution in [0.2, 0.25) is 0 Å². The second-order valence-corrected chi connectivity index (χ2v) is 2.01. The van der Waals surface area contributed by atoms with Crippen molar-refractivity contribution in [3.05, 3.63) is 72.8 Å². The van der Waals surface area contributed by atoms with E-state index in [9.17, 15) is 0 Å². The van der Waals surface area contributed by atoms with Gasteiger partial charge in [-0.15, -0.1) is 0 Å². The van der Waals surface area contributed by atoms with Crippen LogP contribution in [-0.2, 0) is 25.8 Å². The van der Waals surface area contributed by atoms with Crippen molar-refractivity contribution >= 4 is 0 Å². The number of hydrogen-bond acceptors (Lipinski definition) is 0. The minimum Gasteiger partial charge on any atom is -0.0702 e. The molecule has 0 fully saturated rings. The molecule has 1 heteroatoms. The first-order valence-electron chi connectivity index (χ1n) is 3.65. The molecule has 0 aliphatic carbocycles. The van der Waals surface area contributed by atoms with E-state index in [1.807, 2.05) is 48.5 Å². The van der Waals surface area contributed by atoms with Crippen molar-refractivity contribution < 1.29 is 25.8 Å². The van der Waals surface area contributed by atoms with Crippen LogP contribution in [0.5, 0.6) is 0 Å². The van der Waals surface area contributed by atoms with Crippen molar-refractivity contribution in [2.24, 2.45) is 0 Å². The van der Waals surface area contributed by atoms with E-state index in [4.69, 9.17) is 0 Å². The van der Waals surface area contributed by atoms with Gasteiger partial charge in [0.25, 0.3) is 0 Å². The fourth-order valence-corrected chi connectivity index (χ4v) is 0.607. The Kier molecular flexibility index (Phi) is 8.31. The summed E-state index contributed by atoms with van der Waals surface area (Å²) in [5, 5.41) is 0. The van der Waals surface area contributed by atoms with E-state index in [1.54, 1.807) is 0 Å². The van der Waals surface area contributed by atoms with E-state index < -0.39 is 0 Å². The largest absolute Gasteiger partial charge is 0.0702 e. The molecule has 0 saturated heterocycles. The van der Waals surface area contributed by atoms with Gasteiger partial charge in [-0.25, -0.2) is 0 Å². The zero-order valence-corrected chi connectivity index (χ0v) is 10.7. The molecule has 60 valence electrons. The Hall–Kier alpha value is -1.05. The van der Waals surface area contributed by atoms with E-state index in [1.165, 1.54) is 0 Å². The summed E-state index contributed by atoms with van der Waals surface area (Å²) in [4.78, 5) is 0. The molecule has 0 aliphatic heterocycles. The number of rotatable bonds is 0. The second-order valence-electron chi connectivity index (χ2n) is 2.01. The Bertz CT molecular complexity index is 181. The van der Waals surface area contributed by atoms with Crippen molar-refractivity contribution in [3.63, 3.8) is 0 Å². The molecule has 0 unspecified atom stereocenters. The first-order chi connectivity index (χ1) is 6.00. The van der Waals surface area contributed by atoms with Crippen molar-refractivity contribution in [1.29, 1.82) is 0 Å². The van der Waals surface area contributed by atoms with Gasteiger partial charge in [0.05, 0.1) is 0 Å². The summed E-state index contributed by atoms with van der Waals surface area (Å²) in [6.07, 6.45) is 0. The molecule has 0 atom stereocenters. The summed E-state index contributed by atoms with van der Waals surface area (Å²) in [6.45, 7) is 0. The van der Waals surface area contributed by atoms with E-state index in [2.05, 4.69) is 24.3 Å². The van der Waals surface area contributed by atoms with Crippen molar-refractivity contribution in [2.45, 2.75) is 0 Å². The van der Waals surface area contributed by atoms with Crippen molar-refractivity contribution in [1.82, 2.24) is 0 Å². The van der Waals surface area contributed by atoms with Crippen LogP contribution in [0, 0.1) is 24.3 Å². The molecule has 2 rings (SSSR count). The van der Waals surface area contributed by atoms with Gasteiger partial charge in [0.1, 0.15) is 0 Å². The van der Waals surface area contributed by atoms with Crippen molar-refractivity contribution in [2.75, 3.05) is 0 Å². The van der Waals surface area contributed by atoms with E-state index in [-0.39, 0.29) is 25.8 Å². The van der Waals surface area contributed by atoms with Crippen LogP contribution in [-0.4, -0.2) is 0 Å². The van der Waals surface area contributed by atoms with Gasteiger partial charge in [0.2, 0.25) is 0 Å². The minimum atomic E-state index is 0. The maximum Gasteiger partial charge on any atom is 0 e. The van der Waals surface area contributed by atoms with Crippen LogP contribution in [0.3, 0.4) is 0 Å². The molecule has 0 saturated carbocycles. The van der Waals surface area contributed by atoms with Gasteiger partial charge in [-0.3, -0.25) is 0 Å². The zero-order chi connectivity index (χ0) is 8.49. The quantitative estimate of drug-likeness (QED) is 0.651. The maximum absolute atomic E-state index is 2.77. The Morgan fingerprint density at radius 2 is 0.692 bits per heavy atom. The average molecular weight is 331 g/mol. The van der Waals surface area contributed by atoms with Crippen LogP contribution in [0.25, 0.3) is 0 Å². The second kappa shape index (κ2) is 9.04. The fourth-order valence-electron chi connectivity index (χ4n) is 0.607. The first-order valence-corrected chi connectivity index (χ1v) is 3.65. The Morgan fingerprint density at radius 1 is 0.462 bits per heavy atom. The number of hydrogen-bond donors (Lipinski definition) is 0. The van der Waals surface area contributed by atoms with Gasteiger partial charge in [0.15, 0.2) is 0 Å². The molecule has 0 amide bonds. The van der Waals surface area contributed by atoms with Crippen molar-refractivity contribution in [3.8, 4) is 0 Å². The summed E-state index contributed by atoms with van der Waals surface area (Å²) in [5.74, 6) is 0. The standard InChI is InChI=1S/2C6H4.Hf/c2*1-2-4-6-5-3-1;/h2*1-4H;. The molecule has 0 nitrogen and oxygen atoms in total. The molecule has 2 aromatic carbocycles. The molecular weight excluding hydrogens is 323 g/mol. The molecule has 0 bridgehead atoms. The van der Waals surface area contributed by atoms with Crippen LogP contribution in [0.15, 0.2) is 48.5 Å². The van der Waals surface area contributed by atoms with Gasteiger partial charge in [-0.1, -0.05) is 48.5 Å². The minimum absolute atomic E-state index is 0. The van der Waals surface area contributed by atoms with Gasteiger partial charge in [0, 0.05) is 25.8 Å². The summed E-state index contributed by atoms with van der Waals surface area (Å²) in [6, 6.07) is 26.0. The van der Waals surface area contributed by atoms with Gasteiger partial charge in [-0.05, 0) is 24.3 Å². The van der Waals surface area contributed by atoms with Crippen LogP contribution in [0.1, 0.15) is 0 Å². The molecule has 0 heterocycles. The fraction of sp³-hybridized carbons (Fsp3) is 0. The van der Waals surface area contributed by atoms with E-state index in [0.29, 0.717) is 0 Å². The predicted octanol–water partition coefficient (Wildman–Crippen LogP) is 2.57. The molecule has 0 aliphatic rings. The molecule has 0 radical (unpaired) electrons. The van der Waals surface area contributed by atoms with Gasteiger partial charge in [-0.2, -0.15) is 0 Å². The Balaban J connectivity index is 0.000000206. The van der Waals surface area contributed by atoms with E-state index >= 15 is 0 Å². The topological polar surface area (TPSA) is 0 Å². The molecule has 0 N–H and O–H groups in total. The average Bonchev–Trinajstić information content (AvgIpc) is 2.24. The van der Waals surface area contributed by atoms with Crippen LogP contribution >= 0.6 is 0 Å². The van der Waals surface area contributed by atoms with Crippen LogP contribution in [0.4, 0.5) is 0 Å². The molecule has 13 heavy (non-hydrogen) atoms. The smallest absolute Gasteiger partial charge is 0 e. The Labute approximate surface area is 98.4 Å². The van der Waals surface area contributed by atoms with E-state index in [0.717, 1.165) is 0 Å². The summed E-state index contributed by atoms with van der Waals surface area (Å²) in [5.41, 5.74) is 0. The summed E-state index contributed by atoms with van der Waals surface area (Å²) in [7, 11) is 0. The zero-order valence-electron chi connectivity index (χ0n) is 7.12. The first kappa shape index (κ1) is 12.0. The monoisotopic (exact) mass is 332 g/mol. The maximum atomic E-state index is 2.77. The molecule has 0 aromatic heterocycles. The van der Waals surface area contributed by atoms with Gasteiger partial charge < -0.3 is 0 Å². The molecular formula is C12H8Hf. The Morgan fingerprint density at radius 3 is 0.769 bits per heavy atom. The third-order valence-corrected chi connectivity index (χ3v) is 1.11. The van der Waals surface area contributed by atoms with Gasteiger partial charge >= 0.3 is 0 Å². The predicted molar refractivity (Wildman–Crippen MR) is 48.2 cm³/mol. The molecule has 2 aromatic rings. The third kappa shape index (κ3) is 7.32. The third-order valence-electron chi connectivity index (χ3n) is 1.11. The normalized spacial score (nSPS) is 6.15. The SMILES string of the molecule is [Hf].c1ccccc#1.c1ccccc#1. The summed E-state index contributed by atoms with van der Waals surface area (Å²) < 4.78 is 0. The van der Waals surface area contributed by atoms with Crippen LogP contribution < -0.4 is 0 Å². The molecule has 0 spiro atoms. The summed E-state index contributed by atoms with van der Waals surface area (Å²) >= 11 is 0.